The first kappa shape index (κ1) is 17.0. The smallest absolute Gasteiger partial charge is 0.142 e. The van der Waals surface area contributed by atoms with Crippen molar-refractivity contribution >= 4 is 23.2 Å². The maximum Gasteiger partial charge on any atom is 0.142 e. The van der Waals surface area contributed by atoms with Crippen molar-refractivity contribution in [1.29, 1.82) is 0 Å². The van der Waals surface area contributed by atoms with E-state index in [2.05, 4.69) is 23.4 Å². The fraction of sp³-hybridized carbons (Fsp3) is 0.211. The zero-order chi connectivity index (χ0) is 17.1. The molecule has 3 nitrogen and oxygen atoms in total. The van der Waals surface area contributed by atoms with E-state index in [1.54, 1.807) is 4.68 Å². The summed E-state index contributed by atoms with van der Waals surface area (Å²) >= 11 is 12.7. The number of nitrogens with zero attached hydrogens (tertiary/aromatic N) is 2. The quantitative estimate of drug-likeness (QED) is 0.722. The normalized spacial score (nSPS) is 12.3. The summed E-state index contributed by atoms with van der Waals surface area (Å²) < 4.78 is 1.80. The van der Waals surface area contributed by atoms with E-state index < -0.39 is 0 Å². The second-order valence-electron chi connectivity index (χ2n) is 5.89. The second-order valence-corrected chi connectivity index (χ2v) is 6.68. The van der Waals surface area contributed by atoms with Crippen LogP contribution in [0.3, 0.4) is 0 Å². The van der Waals surface area contributed by atoms with Crippen LogP contribution >= 0.6 is 23.2 Å². The largest absolute Gasteiger partial charge is 0.336 e. The van der Waals surface area contributed by atoms with Gasteiger partial charge in [0.05, 0.1) is 16.9 Å². The third kappa shape index (κ3) is 3.64. The van der Waals surface area contributed by atoms with Crippen molar-refractivity contribution in [3.05, 3.63) is 81.6 Å². The molecule has 0 radical (unpaired) electrons. The maximum atomic E-state index is 6.58. The zero-order valence-electron chi connectivity index (χ0n) is 13.7. The Labute approximate surface area is 152 Å². The van der Waals surface area contributed by atoms with Crippen LogP contribution in [-0.4, -0.2) is 9.78 Å². The summed E-state index contributed by atoms with van der Waals surface area (Å²) in [5.41, 5.74) is 4.19. The van der Waals surface area contributed by atoms with Gasteiger partial charge in [-0.05, 0) is 38.1 Å². The molecule has 0 aliphatic heterocycles. The Bertz CT molecular complexity index is 828. The summed E-state index contributed by atoms with van der Waals surface area (Å²) in [6, 6.07) is 18.2. The van der Waals surface area contributed by atoms with Gasteiger partial charge in [-0.1, -0.05) is 53.5 Å². The second kappa shape index (κ2) is 7.39. The highest BCUT2D eigenvalue weighted by atomic mass is 35.5. The molecule has 0 saturated carbocycles. The van der Waals surface area contributed by atoms with E-state index in [1.807, 2.05) is 55.5 Å². The molecule has 1 aromatic heterocycles. The van der Waals surface area contributed by atoms with Crippen LogP contribution in [0.15, 0.2) is 54.6 Å². The highest BCUT2D eigenvalue weighted by Gasteiger charge is 2.18. The molecule has 0 bridgehead atoms. The Morgan fingerprint density at radius 3 is 2.54 bits per heavy atom. The number of benzene rings is 2. The van der Waals surface area contributed by atoms with E-state index in [0.29, 0.717) is 11.2 Å². The Hall–Kier alpha value is -1.81. The van der Waals surface area contributed by atoms with E-state index in [0.717, 1.165) is 28.5 Å². The molecule has 124 valence electrons. The molecule has 0 saturated heterocycles. The van der Waals surface area contributed by atoms with Crippen molar-refractivity contribution in [1.82, 2.24) is 9.78 Å². The number of aromatic nitrogens is 2. The standard InChI is InChI=1S/C19H19Cl2N3/c1-13(15-7-6-8-16(20)11-15)22-12-18-14(2)23-24(19(18)21)17-9-4-3-5-10-17/h3-11,13,22H,12H2,1-2H3/p+1/t13-/m0/s1. The van der Waals surface area contributed by atoms with Gasteiger partial charge in [-0.3, -0.25) is 0 Å². The molecule has 3 aromatic rings. The molecular weight excluding hydrogens is 341 g/mol. The predicted molar refractivity (Wildman–Crippen MR) is 98.8 cm³/mol. The molecule has 0 spiro atoms. The third-order valence-electron chi connectivity index (χ3n) is 4.17. The van der Waals surface area contributed by atoms with Crippen LogP contribution in [0.4, 0.5) is 0 Å². The lowest BCUT2D eigenvalue weighted by Crippen LogP contribution is -2.83. The van der Waals surface area contributed by atoms with Crippen molar-refractivity contribution in [3.63, 3.8) is 0 Å². The third-order valence-corrected chi connectivity index (χ3v) is 4.80. The number of rotatable bonds is 5. The number of para-hydroxylation sites is 1. The first-order chi connectivity index (χ1) is 11.6. The molecule has 2 N–H and O–H groups in total. The summed E-state index contributed by atoms with van der Waals surface area (Å²) in [5.74, 6) is 0. The number of halogens is 2. The Morgan fingerprint density at radius 2 is 1.83 bits per heavy atom. The first-order valence-electron chi connectivity index (χ1n) is 7.94. The summed E-state index contributed by atoms with van der Waals surface area (Å²) in [5, 5.41) is 8.27. The molecule has 0 aliphatic carbocycles. The van der Waals surface area contributed by atoms with Crippen LogP contribution < -0.4 is 5.32 Å². The maximum absolute atomic E-state index is 6.58. The minimum Gasteiger partial charge on any atom is -0.336 e. The SMILES string of the molecule is Cc1nn(-c2ccccc2)c(Cl)c1C[NH2+][C@@H](C)c1cccc(Cl)c1. The van der Waals surface area contributed by atoms with E-state index in [-0.39, 0.29) is 0 Å². The monoisotopic (exact) mass is 360 g/mol. The Morgan fingerprint density at radius 1 is 1.08 bits per heavy atom. The van der Waals surface area contributed by atoms with E-state index >= 15 is 0 Å². The molecule has 1 atom stereocenters. The summed E-state index contributed by atoms with van der Waals surface area (Å²) in [4.78, 5) is 0. The van der Waals surface area contributed by atoms with Crippen LogP contribution in [0.1, 0.15) is 29.8 Å². The van der Waals surface area contributed by atoms with Gasteiger partial charge in [0.25, 0.3) is 0 Å². The summed E-state index contributed by atoms with van der Waals surface area (Å²) in [7, 11) is 0. The lowest BCUT2D eigenvalue weighted by molar-refractivity contribution is -0.708. The lowest BCUT2D eigenvalue weighted by atomic mass is 10.1. The molecule has 1 heterocycles. The highest BCUT2D eigenvalue weighted by molar-refractivity contribution is 6.31. The average molecular weight is 361 g/mol. The highest BCUT2D eigenvalue weighted by Crippen LogP contribution is 2.23. The Kier molecular flexibility index (Phi) is 5.24. The number of quaternary nitrogens is 1. The van der Waals surface area contributed by atoms with Gasteiger partial charge in [0.2, 0.25) is 0 Å². The fourth-order valence-corrected chi connectivity index (χ4v) is 3.27. The molecule has 0 fully saturated rings. The topological polar surface area (TPSA) is 34.4 Å². The molecule has 0 amide bonds. The van der Waals surface area contributed by atoms with E-state index in [1.165, 1.54) is 5.56 Å². The summed E-state index contributed by atoms with van der Waals surface area (Å²) in [6.07, 6.45) is 0. The van der Waals surface area contributed by atoms with Gasteiger partial charge < -0.3 is 5.32 Å². The molecular formula is C19H20Cl2N3+. The predicted octanol–water partition coefficient (Wildman–Crippen LogP) is 4.31. The zero-order valence-corrected chi connectivity index (χ0v) is 15.2. The van der Waals surface area contributed by atoms with Crippen molar-refractivity contribution in [3.8, 4) is 5.69 Å². The average Bonchev–Trinajstić information content (AvgIpc) is 2.88. The van der Waals surface area contributed by atoms with Gasteiger partial charge in [0, 0.05) is 10.6 Å². The van der Waals surface area contributed by atoms with Crippen molar-refractivity contribution in [2.24, 2.45) is 0 Å². The molecule has 0 aliphatic rings. The van der Waals surface area contributed by atoms with Gasteiger partial charge in [-0.25, -0.2) is 4.68 Å². The van der Waals surface area contributed by atoms with E-state index in [4.69, 9.17) is 23.2 Å². The minimum atomic E-state index is 0.291. The molecule has 3 rings (SSSR count). The fourth-order valence-electron chi connectivity index (χ4n) is 2.72. The molecule has 24 heavy (non-hydrogen) atoms. The van der Waals surface area contributed by atoms with E-state index in [9.17, 15) is 0 Å². The van der Waals surface area contributed by atoms with Crippen molar-refractivity contribution in [2.75, 3.05) is 0 Å². The molecule has 2 aromatic carbocycles. The number of nitrogens with two attached hydrogens (primary N) is 1. The minimum absolute atomic E-state index is 0.291. The van der Waals surface area contributed by atoms with Crippen molar-refractivity contribution < 1.29 is 5.32 Å². The van der Waals surface area contributed by atoms with Gasteiger partial charge in [-0.2, -0.15) is 5.10 Å². The first-order valence-corrected chi connectivity index (χ1v) is 8.70. The summed E-state index contributed by atoms with van der Waals surface area (Å²) in [6.45, 7) is 4.93. The lowest BCUT2D eigenvalue weighted by Gasteiger charge is -2.11. The van der Waals surface area contributed by atoms with Crippen LogP contribution in [0, 0.1) is 6.92 Å². The molecule has 0 unspecified atom stereocenters. The van der Waals surface area contributed by atoms with Gasteiger partial charge >= 0.3 is 0 Å². The van der Waals surface area contributed by atoms with Gasteiger partial charge in [0.15, 0.2) is 0 Å². The number of hydrogen-bond donors (Lipinski definition) is 1. The van der Waals surface area contributed by atoms with Crippen LogP contribution in [0.25, 0.3) is 5.69 Å². The number of aryl methyl sites for hydroxylation is 1. The van der Waals surface area contributed by atoms with Crippen molar-refractivity contribution in [2.45, 2.75) is 26.4 Å². The Balaban J connectivity index is 1.77. The van der Waals surface area contributed by atoms with Crippen LogP contribution in [-0.2, 0) is 6.54 Å². The van der Waals surface area contributed by atoms with Gasteiger partial charge in [0.1, 0.15) is 17.7 Å². The van der Waals surface area contributed by atoms with Crippen LogP contribution in [0.5, 0.6) is 0 Å². The van der Waals surface area contributed by atoms with Crippen LogP contribution in [0.2, 0.25) is 10.2 Å². The number of hydrogen-bond acceptors (Lipinski definition) is 1. The van der Waals surface area contributed by atoms with Gasteiger partial charge in [-0.15, -0.1) is 0 Å². The molecule has 5 heteroatoms.